The van der Waals surface area contributed by atoms with Gasteiger partial charge in [0.1, 0.15) is 5.75 Å². The minimum absolute atomic E-state index is 0.0664. The topological polar surface area (TPSA) is 75.7 Å². The van der Waals surface area contributed by atoms with Crippen LogP contribution in [-0.4, -0.2) is 27.0 Å². The van der Waals surface area contributed by atoms with E-state index in [0.29, 0.717) is 22.1 Å². The van der Waals surface area contributed by atoms with Gasteiger partial charge in [-0.05, 0) is 63.7 Å². The average molecular weight is 395 g/mol. The zero-order valence-electron chi connectivity index (χ0n) is 14.8. The lowest BCUT2D eigenvalue weighted by Gasteiger charge is -2.39. The van der Waals surface area contributed by atoms with Crippen LogP contribution in [0.1, 0.15) is 19.4 Å². The molecule has 6 nitrogen and oxygen atoms in total. The number of benzene rings is 2. The molecule has 1 heterocycles. The molecule has 0 unspecified atom stereocenters. The van der Waals surface area contributed by atoms with E-state index in [1.54, 1.807) is 43.0 Å². The van der Waals surface area contributed by atoms with E-state index in [1.807, 2.05) is 6.92 Å². The second kappa shape index (κ2) is 6.26. The smallest absolute Gasteiger partial charge is 0.275 e. The van der Waals surface area contributed by atoms with Crippen molar-refractivity contribution < 1.29 is 17.9 Å². The number of nitrogens with one attached hydrogen (secondary N) is 1. The van der Waals surface area contributed by atoms with Crippen molar-refractivity contribution in [1.29, 1.82) is 0 Å². The number of ether oxygens (including phenoxy) is 1. The van der Waals surface area contributed by atoms with Gasteiger partial charge in [-0.25, -0.2) is 13.1 Å². The highest BCUT2D eigenvalue weighted by molar-refractivity contribution is 7.89. The molecule has 0 atom stereocenters. The van der Waals surface area contributed by atoms with Crippen molar-refractivity contribution in [3.8, 4) is 5.75 Å². The number of fused-ring (bicyclic) bond motifs is 1. The van der Waals surface area contributed by atoms with E-state index in [9.17, 15) is 13.2 Å². The molecule has 0 fully saturated rings. The molecular weight excluding hydrogens is 376 g/mol. The molecule has 2 aromatic carbocycles. The predicted molar refractivity (Wildman–Crippen MR) is 101 cm³/mol. The first-order valence-corrected chi connectivity index (χ1v) is 9.80. The maximum absolute atomic E-state index is 13.0. The van der Waals surface area contributed by atoms with Crippen LogP contribution in [0, 0.1) is 6.92 Å². The van der Waals surface area contributed by atoms with Crippen LogP contribution < -0.4 is 14.4 Å². The van der Waals surface area contributed by atoms with Crippen LogP contribution in [0.3, 0.4) is 0 Å². The van der Waals surface area contributed by atoms with Crippen molar-refractivity contribution >= 4 is 38.9 Å². The Morgan fingerprint density at radius 2 is 1.77 bits per heavy atom. The van der Waals surface area contributed by atoms with E-state index in [4.69, 9.17) is 16.3 Å². The monoisotopic (exact) mass is 394 g/mol. The number of nitrogens with zero attached hydrogens (tertiary/aromatic N) is 1. The highest BCUT2D eigenvalue weighted by atomic mass is 35.5. The fraction of sp³-hybridized carbons (Fsp3) is 0.278. The first-order chi connectivity index (χ1) is 12.1. The molecule has 0 aliphatic carbocycles. The van der Waals surface area contributed by atoms with Gasteiger partial charge in [-0.3, -0.25) is 9.69 Å². The molecular formula is C18H19ClN2O4S. The minimum Gasteiger partial charge on any atom is -0.476 e. The Kier molecular flexibility index (Phi) is 4.50. The summed E-state index contributed by atoms with van der Waals surface area (Å²) in [4.78, 5) is 14.6. The Balaban J connectivity index is 2.23. The third kappa shape index (κ3) is 3.06. The predicted octanol–water partition coefficient (Wildman–Crippen LogP) is 3.39. The van der Waals surface area contributed by atoms with Crippen molar-refractivity contribution in [2.45, 2.75) is 31.3 Å². The summed E-state index contributed by atoms with van der Waals surface area (Å²) in [6.45, 7) is 5.15. The number of amides is 1. The second-order valence-electron chi connectivity index (χ2n) is 6.52. The second-order valence-corrected chi connectivity index (χ2v) is 8.84. The van der Waals surface area contributed by atoms with E-state index in [0.717, 1.165) is 5.56 Å². The van der Waals surface area contributed by atoms with Gasteiger partial charge in [-0.15, -0.1) is 0 Å². The largest absolute Gasteiger partial charge is 0.476 e. The molecule has 1 N–H and O–H groups in total. The molecule has 138 valence electrons. The Labute approximate surface area is 157 Å². The summed E-state index contributed by atoms with van der Waals surface area (Å²) >= 11 is 6.03. The van der Waals surface area contributed by atoms with Crippen LogP contribution in [0.15, 0.2) is 41.3 Å². The standard InChI is InChI=1S/C18H19ClN2O4S/c1-11-9-12(19)5-7-14(11)21-15-8-6-13(26(23,24)20-4)10-16(15)25-18(2,3)17(21)22/h5-10,20H,1-4H3. The molecule has 1 aliphatic heterocycles. The lowest BCUT2D eigenvalue weighted by molar-refractivity contribution is -0.131. The number of carbonyl (C=O) groups is 1. The van der Waals surface area contributed by atoms with Crippen molar-refractivity contribution in [3.05, 3.63) is 47.0 Å². The lowest BCUT2D eigenvalue weighted by Crippen LogP contribution is -2.50. The third-order valence-electron chi connectivity index (χ3n) is 4.23. The van der Waals surface area contributed by atoms with E-state index in [1.165, 1.54) is 19.2 Å². The van der Waals surface area contributed by atoms with Crippen molar-refractivity contribution in [2.75, 3.05) is 11.9 Å². The summed E-state index contributed by atoms with van der Waals surface area (Å²) in [5.74, 6) is 0.0694. The molecule has 2 aromatic rings. The van der Waals surface area contributed by atoms with Crippen LogP contribution in [0.4, 0.5) is 11.4 Å². The first kappa shape index (κ1) is 18.7. The van der Waals surface area contributed by atoms with Gasteiger partial charge in [0.05, 0.1) is 16.3 Å². The molecule has 1 aliphatic rings. The molecule has 3 rings (SSSR count). The Hall–Kier alpha value is -2.09. The highest BCUT2D eigenvalue weighted by Crippen LogP contribution is 2.44. The number of aryl methyl sites for hydroxylation is 1. The minimum atomic E-state index is -3.63. The van der Waals surface area contributed by atoms with Gasteiger partial charge in [0.2, 0.25) is 10.0 Å². The van der Waals surface area contributed by atoms with E-state index in [2.05, 4.69) is 4.72 Å². The van der Waals surface area contributed by atoms with E-state index >= 15 is 0 Å². The number of rotatable bonds is 3. The highest BCUT2D eigenvalue weighted by Gasteiger charge is 2.42. The number of carbonyl (C=O) groups excluding carboxylic acids is 1. The Bertz CT molecular complexity index is 1000. The molecule has 0 bridgehead atoms. The summed E-state index contributed by atoms with van der Waals surface area (Å²) in [6.07, 6.45) is 0. The summed E-state index contributed by atoms with van der Waals surface area (Å²) in [7, 11) is -2.29. The Morgan fingerprint density at radius 1 is 1.12 bits per heavy atom. The van der Waals surface area contributed by atoms with Gasteiger partial charge >= 0.3 is 0 Å². The fourth-order valence-corrected chi connectivity index (χ4v) is 3.82. The first-order valence-electron chi connectivity index (χ1n) is 7.94. The zero-order chi connectivity index (χ0) is 19.3. The third-order valence-corrected chi connectivity index (χ3v) is 5.88. The summed E-state index contributed by atoms with van der Waals surface area (Å²) in [5.41, 5.74) is 0.818. The van der Waals surface area contributed by atoms with Crippen LogP contribution in [0.2, 0.25) is 5.02 Å². The van der Waals surface area contributed by atoms with Gasteiger partial charge in [0.15, 0.2) is 5.60 Å². The van der Waals surface area contributed by atoms with Crippen molar-refractivity contribution in [3.63, 3.8) is 0 Å². The number of hydrogen-bond donors (Lipinski definition) is 1. The number of halogens is 1. The number of anilines is 2. The zero-order valence-corrected chi connectivity index (χ0v) is 16.4. The fourth-order valence-electron chi connectivity index (χ4n) is 2.85. The quantitative estimate of drug-likeness (QED) is 0.865. The molecule has 0 spiro atoms. The van der Waals surface area contributed by atoms with Crippen LogP contribution in [0.25, 0.3) is 0 Å². The molecule has 0 aromatic heterocycles. The maximum Gasteiger partial charge on any atom is 0.275 e. The summed E-state index contributed by atoms with van der Waals surface area (Å²) in [5, 5.41) is 0.571. The molecule has 1 amide bonds. The van der Waals surface area contributed by atoms with Crippen molar-refractivity contribution in [2.24, 2.45) is 0 Å². The van der Waals surface area contributed by atoms with Gasteiger partial charge in [0.25, 0.3) is 5.91 Å². The summed E-state index contributed by atoms with van der Waals surface area (Å²) in [6, 6.07) is 9.68. The molecule has 0 radical (unpaired) electrons. The normalized spacial score (nSPS) is 16.2. The van der Waals surface area contributed by atoms with E-state index < -0.39 is 15.6 Å². The van der Waals surface area contributed by atoms with Gasteiger partial charge < -0.3 is 4.74 Å². The average Bonchev–Trinajstić information content (AvgIpc) is 2.56. The summed E-state index contributed by atoms with van der Waals surface area (Å²) < 4.78 is 32.3. The number of hydrogen-bond acceptors (Lipinski definition) is 4. The number of sulfonamides is 1. The SMILES string of the molecule is CNS(=O)(=O)c1ccc2c(c1)OC(C)(C)C(=O)N2c1ccc(Cl)cc1C. The van der Waals surface area contributed by atoms with E-state index in [-0.39, 0.29) is 10.8 Å². The van der Waals surface area contributed by atoms with Gasteiger partial charge in [-0.2, -0.15) is 0 Å². The van der Waals surface area contributed by atoms with Crippen LogP contribution in [-0.2, 0) is 14.8 Å². The molecule has 26 heavy (non-hydrogen) atoms. The maximum atomic E-state index is 13.0. The molecule has 0 saturated heterocycles. The molecule has 8 heteroatoms. The van der Waals surface area contributed by atoms with Gasteiger partial charge in [-0.1, -0.05) is 11.6 Å². The molecule has 0 saturated carbocycles. The van der Waals surface area contributed by atoms with Crippen LogP contribution in [0.5, 0.6) is 5.75 Å². The lowest BCUT2D eigenvalue weighted by atomic mass is 10.0. The Morgan fingerprint density at radius 3 is 2.38 bits per heavy atom. The van der Waals surface area contributed by atoms with Crippen molar-refractivity contribution in [1.82, 2.24) is 4.72 Å². The van der Waals surface area contributed by atoms with Gasteiger partial charge in [0, 0.05) is 11.1 Å². The van der Waals surface area contributed by atoms with Crippen LogP contribution >= 0.6 is 11.6 Å².